The van der Waals surface area contributed by atoms with Crippen molar-refractivity contribution < 1.29 is 21.1 Å². The Balaban J connectivity index is -0.000000144. The molecule has 0 nitrogen and oxygen atoms in total. The first-order chi connectivity index (χ1) is 5.07. The summed E-state index contributed by atoms with van der Waals surface area (Å²) in [5.74, 6) is 1.65. The zero-order chi connectivity index (χ0) is 8.06. The molecule has 2 heteroatoms. The molecule has 0 radical (unpaired) electrons. The summed E-state index contributed by atoms with van der Waals surface area (Å²) in [5.41, 5.74) is 0. The summed E-state index contributed by atoms with van der Waals surface area (Å²) in [5, 5.41) is 1.80. The Morgan fingerprint density at radius 2 is 1.50 bits per heavy atom. The van der Waals surface area contributed by atoms with Crippen LogP contribution < -0.4 is 0 Å². The van der Waals surface area contributed by atoms with Gasteiger partial charge < -0.3 is 29.7 Å². The second kappa shape index (κ2) is 8.47. The minimum atomic E-state index is -0.968. The summed E-state index contributed by atoms with van der Waals surface area (Å²) in [6, 6.07) is 0. The van der Waals surface area contributed by atoms with Crippen molar-refractivity contribution in [2.45, 2.75) is 26.1 Å². The number of allylic oxidation sites excluding steroid dienone is 4. The second-order valence-corrected chi connectivity index (χ2v) is 9.84. The fourth-order valence-corrected chi connectivity index (χ4v) is 4.28. The van der Waals surface area contributed by atoms with Crippen molar-refractivity contribution in [3.63, 3.8) is 0 Å². The molecule has 0 amide bonds. The van der Waals surface area contributed by atoms with Gasteiger partial charge in [-0.25, -0.2) is 0 Å². The van der Waals surface area contributed by atoms with E-state index in [0.717, 1.165) is 11.8 Å². The summed E-state index contributed by atoms with van der Waals surface area (Å²) in [7, 11) is -0.968. The van der Waals surface area contributed by atoms with Crippen LogP contribution in [0.4, 0.5) is 0 Å². The van der Waals surface area contributed by atoms with Crippen molar-refractivity contribution in [3.8, 4) is 0 Å². The van der Waals surface area contributed by atoms with Crippen molar-refractivity contribution in [2.24, 2.45) is 11.8 Å². The molecule has 2 aliphatic carbocycles. The van der Waals surface area contributed by atoms with Crippen LogP contribution in [0, 0.1) is 41.5 Å². The van der Waals surface area contributed by atoms with Gasteiger partial charge in [-0.1, -0.05) is 43.1 Å². The van der Waals surface area contributed by atoms with Crippen LogP contribution in [0.15, 0.2) is 23.4 Å². The van der Waals surface area contributed by atoms with E-state index in [0.29, 0.717) is 0 Å². The number of hydrogen-bond donors (Lipinski definition) is 0. The third-order valence-electron chi connectivity index (χ3n) is 2.78. The molecule has 16 heavy (non-hydrogen) atoms. The van der Waals surface area contributed by atoms with Gasteiger partial charge in [0.2, 0.25) is 0 Å². The smallest absolute Gasteiger partial charge is 0.358 e. The van der Waals surface area contributed by atoms with Gasteiger partial charge in [0.25, 0.3) is 0 Å². The normalized spacial score (nSPS) is 23.8. The zero-order valence-electron chi connectivity index (χ0n) is 11.9. The number of fused-ring (bicyclic) bond motifs is 2. The van der Waals surface area contributed by atoms with Crippen LogP contribution in [0.5, 0.6) is 0 Å². The Bertz CT molecular complexity index is 236. The first-order valence-corrected chi connectivity index (χ1v) is 7.98. The first-order valence-electron chi connectivity index (χ1n) is 4.48. The van der Waals surface area contributed by atoms with E-state index in [2.05, 4.69) is 37.9 Å². The molecular weight excluding hydrogens is 391 g/mol. The summed E-state index contributed by atoms with van der Waals surface area (Å²) in [4.78, 5) is 0. The predicted molar refractivity (Wildman–Crippen MR) is 77.8 cm³/mol. The van der Waals surface area contributed by atoms with E-state index < -0.39 is 8.07 Å². The molecule has 0 N–H and O–H groups in total. The van der Waals surface area contributed by atoms with Gasteiger partial charge in [-0.3, -0.25) is 0 Å². The monoisotopic (exact) mass is 419 g/mol. The maximum absolute atomic E-state index is 2.52. The topological polar surface area (TPSA) is 0 Å². The predicted octanol–water partition coefficient (Wildman–Crippen LogP) is 4.79. The molecule has 0 spiro atoms. The van der Waals surface area contributed by atoms with Crippen molar-refractivity contribution in [2.75, 3.05) is 0 Å². The number of rotatable bonds is 1. The number of hydrogen-bond acceptors (Lipinski definition) is 0. The first kappa shape index (κ1) is 25.3. The van der Waals surface area contributed by atoms with Crippen LogP contribution in [0.1, 0.15) is 6.42 Å². The van der Waals surface area contributed by atoms with E-state index in [4.69, 9.17) is 0 Å². The molecule has 0 saturated heterocycles. The van der Waals surface area contributed by atoms with E-state index >= 15 is 0 Å². The zero-order valence-corrected chi connectivity index (χ0v) is 15.2. The van der Waals surface area contributed by atoms with Crippen molar-refractivity contribution >= 4 is 8.07 Å². The standard InChI is InChI=1S/C10H16Si.4CH3.Pt/c1-11(2,3)10-7-8-4-5-9(10)6-8;;;;;/h4-5,7-9H,6H2,1-3H3;4*1H3;/q;4*-1;+4. The molecule has 0 fully saturated rings. The second-order valence-electron chi connectivity index (χ2n) is 4.76. The molecule has 2 rings (SSSR count). The van der Waals surface area contributed by atoms with Gasteiger partial charge in [0.15, 0.2) is 0 Å². The van der Waals surface area contributed by atoms with Gasteiger partial charge in [-0.2, -0.15) is 0 Å². The molecule has 0 aliphatic heterocycles. The molecular formula is C14H28PtSi. The van der Waals surface area contributed by atoms with Crippen LogP contribution in [-0.2, 0) is 21.1 Å². The largest absolute Gasteiger partial charge is 4.00 e. The summed E-state index contributed by atoms with van der Waals surface area (Å²) in [6.07, 6.45) is 8.70. The van der Waals surface area contributed by atoms with E-state index in [1.165, 1.54) is 6.42 Å². The quantitative estimate of drug-likeness (QED) is 0.326. The van der Waals surface area contributed by atoms with Gasteiger partial charge in [-0.05, 0) is 18.3 Å². The molecule has 0 aromatic rings. The third kappa shape index (κ3) is 4.71. The molecule has 2 aliphatic rings. The Hall–Kier alpha value is 0.385. The Labute approximate surface area is 120 Å². The van der Waals surface area contributed by atoms with Crippen LogP contribution in [0.3, 0.4) is 0 Å². The molecule has 0 aromatic carbocycles. The molecule has 2 bridgehead atoms. The van der Waals surface area contributed by atoms with E-state index in [1.54, 1.807) is 5.20 Å². The van der Waals surface area contributed by atoms with Crippen molar-refractivity contribution in [1.82, 2.24) is 0 Å². The molecule has 0 heterocycles. The fourth-order valence-electron chi connectivity index (χ4n) is 2.24. The van der Waals surface area contributed by atoms with Crippen molar-refractivity contribution in [3.05, 3.63) is 53.1 Å². The summed E-state index contributed by atoms with van der Waals surface area (Å²) >= 11 is 0. The SMILES string of the molecule is C[Si](C)(C)C1=CC2C=CC1C2.[CH3-].[CH3-].[CH3-].[CH3-].[Pt+4]. The Kier molecular flexibility index (Phi) is 13.4. The van der Waals surface area contributed by atoms with Crippen LogP contribution in [0.25, 0.3) is 0 Å². The van der Waals surface area contributed by atoms with Crippen LogP contribution >= 0.6 is 0 Å². The fraction of sp³-hybridized carbons (Fsp3) is 0.429. The Morgan fingerprint density at radius 3 is 1.69 bits per heavy atom. The minimum Gasteiger partial charge on any atom is -0.358 e. The molecule has 0 saturated carbocycles. The maximum Gasteiger partial charge on any atom is 4.00 e. The van der Waals surface area contributed by atoms with Crippen LogP contribution in [0.2, 0.25) is 19.6 Å². The third-order valence-corrected chi connectivity index (χ3v) is 5.05. The van der Waals surface area contributed by atoms with E-state index in [9.17, 15) is 0 Å². The maximum atomic E-state index is 2.52. The summed E-state index contributed by atoms with van der Waals surface area (Å²) < 4.78 is 0. The van der Waals surface area contributed by atoms with Gasteiger partial charge >= 0.3 is 21.1 Å². The Morgan fingerprint density at radius 1 is 1.00 bits per heavy atom. The molecule has 2 atom stereocenters. The van der Waals surface area contributed by atoms with Crippen molar-refractivity contribution in [1.29, 1.82) is 0 Å². The van der Waals surface area contributed by atoms with Gasteiger partial charge in [0.1, 0.15) is 0 Å². The van der Waals surface area contributed by atoms with Gasteiger partial charge in [0, 0.05) is 0 Å². The van der Waals surface area contributed by atoms with Gasteiger partial charge in [-0.15, -0.1) is 0 Å². The van der Waals surface area contributed by atoms with E-state index in [1.807, 2.05) is 0 Å². The average molecular weight is 420 g/mol. The minimum absolute atomic E-state index is 0. The summed E-state index contributed by atoms with van der Waals surface area (Å²) in [6.45, 7) is 7.36. The van der Waals surface area contributed by atoms with E-state index in [-0.39, 0.29) is 50.8 Å². The molecule has 0 aromatic heterocycles. The molecule has 2 unspecified atom stereocenters. The van der Waals surface area contributed by atoms with Gasteiger partial charge in [0.05, 0.1) is 8.07 Å². The average Bonchev–Trinajstić information content (AvgIpc) is 2.42. The molecule has 98 valence electrons. The van der Waals surface area contributed by atoms with Crippen LogP contribution in [-0.4, -0.2) is 8.07 Å².